The Morgan fingerprint density at radius 1 is 1.15 bits per heavy atom. The lowest BCUT2D eigenvalue weighted by atomic mass is 10.1. The highest BCUT2D eigenvalue weighted by molar-refractivity contribution is 6.87. The monoisotopic (exact) mass is 387 g/mol. The van der Waals surface area contributed by atoms with Crippen LogP contribution in [0.2, 0.25) is 18.1 Å². The van der Waals surface area contributed by atoms with Gasteiger partial charge in [0.1, 0.15) is 14.1 Å². The largest absolute Gasteiger partial charge is 0.368 e. The van der Waals surface area contributed by atoms with Crippen molar-refractivity contribution in [1.82, 2.24) is 5.32 Å². The number of carbonyl (C=O) groups excluding carboxylic acids is 3. The van der Waals surface area contributed by atoms with Gasteiger partial charge in [0.15, 0.2) is 0 Å². The summed E-state index contributed by atoms with van der Waals surface area (Å²) in [7, 11) is -1.79. The third-order valence-corrected chi connectivity index (χ3v) is 9.25. The number of amides is 3. The summed E-state index contributed by atoms with van der Waals surface area (Å²) < 4.78 is 0. The van der Waals surface area contributed by atoms with E-state index in [1.165, 1.54) is 6.92 Å². The smallest absolute Gasteiger partial charge is 0.251 e. The van der Waals surface area contributed by atoms with Gasteiger partial charge >= 0.3 is 0 Å². The fourth-order valence-electron chi connectivity index (χ4n) is 1.93. The highest BCUT2D eigenvalue weighted by Crippen LogP contribution is 2.35. The predicted molar refractivity (Wildman–Crippen MR) is 111 cm³/mol. The summed E-state index contributed by atoms with van der Waals surface area (Å²) in [6.07, 6.45) is 0.178. The minimum Gasteiger partial charge on any atom is -0.368 e. The van der Waals surface area contributed by atoms with Gasteiger partial charge in [-0.3, -0.25) is 14.4 Å². The van der Waals surface area contributed by atoms with Crippen LogP contribution in [0.3, 0.4) is 0 Å². The summed E-state index contributed by atoms with van der Waals surface area (Å²) in [4.78, 5) is 35.1. The van der Waals surface area contributed by atoms with E-state index in [0.717, 1.165) is 0 Å². The minimum atomic E-state index is -1.79. The second-order valence-corrected chi connectivity index (χ2v) is 13.1. The summed E-state index contributed by atoms with van der Waals surface area (Å²) in [6, 6.07) is 5.52. The maximum atomic E-state index is 12.4. The van der Waals surface area contributed by atoms with E-state index in [1.807, 2.05) is 0 Å². The van der Waals surface area contributed by atoms with Gasteiger partial charge in [-0.2, -0.15) is 0 Å². The number of nitrogens with two attached hydrogens (primary N) is 1. The standard InChI is InChI=1S/C20H29N3O3Si/c1-14(24)22-16-11-9-15(10-12-16)19(26)23-17(18(21)25)8-7-13-27(5,6)20(2,3)4/h9-12,17H,8H2,1-6H3,(H2,21,25)(H,22,24)(H,23,26)/t17-/m0/s1. The molecule has 3 amide bonds. The first-order valence-electron chi connectivity index (χ1n) is 8.81. The maximum Gasteiger partial charge on any atom is 0.251 e. The van der Waals surface area contributed by atoms with Gasteiger partial charge in [-0.15, -0.1) is 11.5 Å². The molecule has 1 aromatic rings. The molecule has 7 heteroatoms. The zero-order chi connectivity index (χ0) is 20.8. The normalized spacial score (nSPS) is 12.4. The number of hydrogen-bond donors (Lipinski definition) is 3. The van der Waals surface area contributed by atoms with Crippen LogP contribution < -0.4 is 16.4 Å². The Labute approximate surface area is 162 Å². The molecule has 0 aliphatic rings. The Kier molecular flexibility index (Phi) is 7.37. The van der Waals surface area contributed by atoms with E-state index in [2.05, 4.69) is 56.0 Å². The fraction of sp³-hybridized carbons (Fsp3) is 0.450. The van der Waals surface area contributed by atoms with Crippen LogP contribution in [0.1, 0.15) is 44.5 Å². The molecule has 0 aromatic heterocycles. The van der Waals surface area contributed by atoms with Crippen LogP contribution in [0, 0.1) is 11.5 Å². The van der Waals surface area contributed by atoms with Gasteiger partial charge in [0.2, 0.25) is 11.8 Å². The van der Waals surface area contributed by atoms with Gasteiger partial charge in [0.25, 0.3) is 5.91 Å². The van der Waals surface area contributed by atoms with E-state index < -0.39 is 25.9 Å². The van der Waals surface area contributed by atoms with Crippen molar-refractivity contribution >= 4 is 31.5 Å². The molecule has 0 fully saturated rings. The summed E-state index contributed by atoms with van der Waals surface area (Å²) in [5.41, 5.74) is 9.69. The van der Waals surface area contributed by atoms with Crippen molar-refractivity contribution in [3.63, 3.8) is 0 Å². The lowest BCUT2D eigenvalue weighted by molar-refractivity contribution is -0.119. The van der Waals surface area contributed by atoms with Crippen molar-refractivity contribution in [2.24, 2.45) is 5.73 Å². The number of primary amides is 1. The lowest BCUT2D eigenvalue weighted by Crippen LogP contribution is -2.44. The molecule has 146 valence electrons. The Morgan fingerprint density at radius 2 is 1.70 bits per heavy atom. The van der Waals surface area contributed by atoms with E-state index in [9.17, 15) is 14.4 Å². The topological polar surface area (TPSA) is 101 Å². The van der Waals surface area contributed by atoms with E-state index in [4.69, 9.17) is 5.73 Å². The van der Waals surface area contributed by atoms with Crippen LogP contribution >= 0.6 is 0 Å². The zero-order valence-electron chi connectivity index (χ0n) is 16.9. The van der Waals surface area contributed by atoms with Gasteiger partial charge in [0.05, 0.1) is 0 Å². The third-order valence-electron chi connectivity index (χ3n) is 4.70. The molecule has 0 bridgehead atoms. The second kappa shape index (κ2) is 8.87. The fourth-order valence-corrected chi connectivity index (χ4v) is 2.85. The van der Waals surface area contributed by atoms with Crippen molar-refractivity contribution in [3.8, 4) is 11.5 Å². The van der Waals surface area contributed by atoms with E-state index >= 15 is 0 Å². The molecule has 0 radical (unpaired) electrons. The van der Waals surface area contributed by atoms with Crippen LogP contribution in [0.5, 0.6) is 0 Å². The van der Waals surface area contributed by atoms with E-state index in [1.54, 1.807) is 24.3 Å². The van der Waals surface area contributed by atoms with Gasteiger partial charge in [-0.05, 0) is 29.3 Å². The van der Waals surface area contributed by atoms with Crippen LogP contribution in [-0.2, 0) is 9.59 Å². The summed E-state index contributed by atoms with van der Waals surface area (Å²) >= 11 is 0. The summed E-state index contributed by atoms with van der Waals surface area (Å²) in [5.74, 6) is 1.82. The summed E-state index contributed by atoms with van der Waals surface area (Å²) in [5, 5.41) is 5.37. The molecule has 0 saturated heterocycles. The number of anilines is 1. The first kappa shape index (κ1) is 22.4. The quantitative estimate of drug-likeness (QED) is 0.535. The molecule has 4 N–H and O–H groups in total. The molecule has 1 atom stereocenters. The Bertz CT molecular complexity index is 768. The Balaban J connectivity index is 2.82. The second-order valence-electron chi connectivity index (χ2n) is 8.07. The molecule has 0 aliphatic carbocycles. The molecule has 0 aliphatic heterocycles. The first-order valence-corrected chi connectivity index (χ1v) is 11.8. The Hall–Kier alpha value is -2.59. The molecular formula is C20H29N3O3Si. The molecular weight excluding hydrogens is 358 g/mol. The van der Waals surface area contributed by atoms with Crippen molar-refractivity contribution in [2.45, 2.75) is 58.3 Å². The number of benzene rings is 1. The maximum absolute atomic E-state index is 12.4. The zero-order valence-corrected chi connectivity index (χ0v) is 17.9. The number of rotatable bonds is 5. The molecule has 0 saturated carbocycles. The molecule has 0 unspecified atom stereocenters. The van der Waals surface area contributed by atoms with Crippen LogP contribution in [0.25, 0.3) is 0 Å². The minimum absolute atomic E-state index is 0.112. The van der Waals surface area contributed by atoms with Crippen LogP contribution in [-0.4, -0.2) is 31.8 Å². The highest BCUT2D eigenvalue weighted by atomic mass is 28.3. The van der Waals surface area contributed by atoms with Gasteiger partial charge < -0.3 is 16.4 Å². The van der Waals surface area contributed by atoms with Crippen molar-refractivity contribution < 1.29 is 14.4 Å². The first-order chi connectivity index (χ1) is 12.3. The average Bonchev–Trinajstić information content (AvgIpc) is 2.52. The van der Waals surface area contributed by atoms with Gasteiger partial charge in [0, 0.05) is 24.6 Å². The summed E-state index contributed by atoms with van der Waals surface area (Å²) in [6.45, 7) is 12.2. The molecule has 1 aromatic carbocycles. The van der Waals surface area contributed by atoms with Crippen LogP contribution in [0.4, 0.5) is 5.69 Å². The van der Waals surface area contributed by atoms with Crippen molar-refractivity contribution in [2.75, 3.05) is 5.32 Å². The molecule has 1 rings (SSSR count). The van der Waals surface area contributed by atoms with Crippen molar-refractivity contribution in [1.29, 1.82) is 0 Å². The van der Waals surface area contributed by atoms with E-state index in [-0.39, 0.29) is 17.4 Å². The van der Waals surface area contributed by atoms with Crippen LogP contribution in [0.15, 0.2) is 24.3 Å². The molecule has 0 spiro atoms. The number of carbonyl (C=O) groups is 3. The SMILES string of the molecule is CC(=O)Nc1ccc(C(=O)N[C@@H](CC#C[Si](C)(C)C(C)(C)C)C(N)=O)cc1. The molecule has 6 nitrogen and oxygen atoms in total. The Morgan fingerprint density at radius 3 is 2.15 bits per heavy atom. The predicted octanol–water partition coefficient (Wildman–Crippen LogP) is 2.67. The molecule has 27 heavy (non-hydrogen) atoms. The number of hydrogen-bond acceptors (Lipinski definition) is 3. The number of nitrogens with one attached hydrogen (secondary N) is 2. The van der Waals surface area contributed by atoms with Gasteiger partial charge in [-0.25, -0.2) is 0 Å². The average molecular weight is 388 g/mol. The third kappa shape index (κ3) is 6.91. The van der Waals surface area contributed by atoms with E-state index in [0.29, 0.717) is 11.3 Å². The molecule has 0 heterocycles. The lowest BCUT2D eigenvalue weighted by Gasteiger charge is -2.31. The highest BCUT2D eigenvalue weighted by Gasteiger charge is 2.33. The van der Waals surface area contributed by atoms with Gasteiger partial charge in [-0.1, -0.05) is 33.9 Å². The van der Waals surface area contributed by atoms with Crippen molar-refractivity contribution in [3.05, 3.63) is 29.8 Å².